The van der Waals surface area contributed by atoms with E-state index >= 15 is 0 Å². The van der Waals surface area contributed by atoms with Gasteiger partial charge in [0.1, 0.15) is 5.75 Å². The average molecular weight is 309 g/mol. The van der Waals surface area contributed by atoms with E-state index in [1.807, 2.05) is 12.1 Å². The smallest absolute Gasteiger partial charge is 0.137 e. The first-order valence-corrected chi connectivity index (χ1v) is 8.36. The minimum atomic E-state index is 0.273. The van der Waals surface area contributed by atoms with Gasteiger partial charge < -0.3 is 10.5 Å². The summed E-state index contributed by atoms with van der Waals surface area (Å²) in [5.74, 6) is 2.49. The normalized spacial score (nSPS) is 19.8. The molecule has 1 atom stereocenters. The second-order valence-corrected chi connectivity index (χ2v) is 6.89. The Balaban J connectivity index is 1.77. The van der Waals surface area contributed by atoms with Crippen LogP contribution in [0.2, 0.25) is 5.02 Å². The highest BCUT2D eigenvalue weighted by atomic mass is 35.5. The first kappa shape index (κ1) is 15.1. The summed E-state index contributed by atoms with van der Waals surface area (Å²) < 4.78 is 5.25. The summed E-state index contributed by atoms with van der Waals surface area (Å²) in [6, 6.07) is 6.35. The zero-order valence-corrected chi connectivity index (χ0v) is 13.5. The number of rotatable bonds is 8. The Bertz CT molecular complexity index is 472. The van der Waals surface area contributed by atoms with E-state index < -0.39 is 0 Å². The van der Waals surface area contributed by atoms with Crippen molar-refractivity contribution in [1.82, 2.24) is 4.90 Å². The third kappa shape index (κ3) is 3.91. The van der Waals surface area contributed by atoms with Crippen LogP contribution in [0.3, 0.4) is 0 Å². The second-order valence-electron chi connectivity index (χ2n) is 6.49. The van der Waals surface area contributed by atoms with Crippen molar-refractivity contribution in [2.24, 2.45) is 17.6 Å². The molecule has 2 N–H and O–H groups in total. The van der Waals surface area contributed by atoms with Gasteiger partial charge in [-0.1, -0.05) is 17.7 Å². The van der Waals surface area contributed by atoms with E-state index in [2.05, 4.69) is 11.0 Å². The van der Waals surface area contributed by atoms with Crippen LogP contribution in [-0.4, -0.2) is 31.6 Å². The number of methoxy groups -OCH3 is 1. The molecule has 1 unspecified atom stereocenters. The zero-order chi connectivity index (χ0) is 14.8. The number of hydrogen-bond acceptors (Lipinski definition) is 3. The van der Waals surface area contributed by atoms with Gasteiger partial charge in [0.2, 0.25) is 0 Å². The van der Waals surface area contributed by atoms with Gasteiger partial charge in [-0.3, -0.25) is 4.90 Å². The summed E-state index contributed by atoms with van der Waals surface area (Å²) in [7, 11) is 1.65. The van der Waals surface area contributed by atoms with Gasteiger partial charge in [-0.05, 0) is 55.2 Å². The van der Waals surface area contributed by atoms with Crippen molar-refractivity contribution in [3.63, 3.8) is 0 Å². The largest absolute Gasteiger partial charge is 0.495 e. The predicted octanol–water partition coefficient (Wildman–Crippen LogP) is 3.47. The predicted molar refractivity (Wildman–Crippen MR) is 86.8 cm³/mol. The lowest BCUT2D eigenvalue weighted by atomic mass is 10.0. The quantitative estimate of drug-likeness (QED) is 0.799. The third-order valence-electron chi connectivity index (χ3n) is 4.60. The van der Waals surface area contributed by atoms with Gasteiger partial charge >= 0.3 is 0 Å². The topological polar surface area (TPSA) is 38.5 Å². The molecular weight excluding hydrogens is 284 g/mol. The van der Waals surface area contributed by atoms with E-state index in [1.165, 1.54) is 44.3 Å². The minimum absolute atomic E-state index is 0.273. The maximum atomic E-state index is 6.29. The Labute approximate surface area is 132 Å². The van der Waals surface area contributed by atoms with Crippen molar-refractivity contribution in [3.05, 3.63) is 28.8 Å². The molecule has 4 heteroatoms. The van der Waals surface area contributed by atoms with E-state index in [0.29, 0.717) is 11.6 Å². The van der Waals surface area contributed by atoms with Crippen molar-refractivity contribution in [2.45, 2.75) is 31.7 Å². The summed E-state index contributed by atoms with van der Waals surface area (Å²) in [6.07, 6.45) is 5.51. The molecule has 3 rings (SSSR count). The van der Waals surface area contributed by atoms with Crippen molar-refractivity contribution in [1.29, 1.82) is 0 Å². The molecule has 2 fully saturated rings. The Hall–Kier alpha value is -0.770. The van der Waals surface area contributed by atoms with Crippen LogP contribution in [0.5, 0.6) is 5.75 Å². The highest BCUT2D eigenvalue weighted by molar-refractivity contribution is 6.32. The van der Waals surface area contributed by atoms with E-state index in [0.717, 1.165) is 17.6 Å². The average Bonchev–Trinajstić information content (AvgIpc) is 3.36. The number of benzene rings is 1. The SMILES string of the molecule is COc1ccc(C(CN)N(CC2CC2)CC2CC2)cc1Cl. The molecule has 0 bridgehead atoms. The Kier molecular flexibility index (Phi) is 4.72. The van der Waals surface area contributed by atoms with Crippen molar-refractivity contribution in [2.75, 3.05) is 26.7 Å². The van der Waals surface area contributed by atoms with Crippen LogP contribution >= 0.6 is 11.6 Å². The van der Waals surface area contributed by atoms with Gasteiger partial charge in [0, 0.05) is 25.7 Å². The van der Waals surface area contributed by atoms with Gasteiger partial charge in [-0.25, -0.2) is 0 Å². The summed E-state index contributed by atoms with van der Waals surface area (Å²) in [6.45, 7) is 3.01. The first-order chi connectivity index (χ1) is 10.2. The van der Waals surface area contributed by atoms with E-state index in [1.54, 1.807) is 7.11 Å². The summed E-state index contributed by atoms with van der Waals surface area (Å²) in [5, 5.41) is 0.672. The number of ether oxygens (including phenoxy) is 1. The van der Waals surface area contributed by atoms with Gasteiger partial charge in [0.05, 0.1) is 12.1 Å². The summed E-state index contributed by atoms with van der Waals surface area (Å²) >= 11 is 6.29. The highest BCUT2D eigenvalue weighted by Gasteiger charge is 2.32. The molecule has 2 aliphatic carbocycles. The van der Waals surface area contributed by atoms with E-state index in [4.69, 9.17) is 22.1 Å². The maximum absolute atomic E-state index is 6.29. The van der Waals surface area contributed by atoms with E-state index in [-0.39, 0.29) is 6.04 Å². The van der Waals surface area contributed by atoms with Crippen LogP contribution < -0.4 is 10.5 Å². The molecule has 0 aliphatic heterocycles. The van der Waals surface area contributed by atoms with Crippen LogP contribution in [0, 0.1) is 11.8 Å². The van der Waals surface area contributed by atoms with Crippen LogP contribution in [0.1, 0.15) is 37.3 Å². The summed E-state index contributed by atoms with van der Waals surface area (Å²) in [4.78, 5) is 2.59. The summed E-state index contributed by atoms with van der Waals surface area (Å²) in [5.41, 5.74) is 7.32. The molecule has 1 aromatic carbocycles. The lowest BCUT2D eigenvalue weighted by Crippen LogP contribution is -2.36. The third-order valence-corrected chi connectivity index (χ3v) is 4.90. The van der Waals surface area contributed by atoms with Crippen LogP contribution in [0.4, 0.5) is 0 Å². The van der Waals surface area contributed by atoms with Crippen LogP contribution in [0.25, 0.3) is 0 Å². The molecule has 2 aliphatic rings. The van der Waals surface area contributed by atoms with Gasteiger partial charge in [-0.15, -0.1) is 0 Å². The second kappa shape index (κ2) is 6.55. The molecule has 2 saturated carbocycles. The van der Waals surface area contributed by atoms with Crippen LogP contribution in [0.15, 0.2) is 18.2 Å². The molecule has 0 aromatic heterocycles. The fourth-order valence-electron chi connectivity index (χ4n) is 2.98. The molecule has 1 aromatic rings. The van der Waals surface area contributed by atoms with Crippen molar-refractivity contribution < 1.29 is 4.74 Å². The van der Waals surface area contributed by atoms with Gasteiger partial charge in [-0.2, -0.15) is 0 Å². The maximum Gasteiger partial charge on any atom is 0.137 e. The molecule has 116 valence electrons. The molecular formula is C17H25ClN2O. The Morgan fingerprint density at radius 2 is 1.86 bits per heavy atom. The van der Waals surface area contributed by atoms with Crippen molar-refractivity contribution >= 4 is 11.6 Å². The number of halogens is 1. The molecule has 0 heterocycles. The van der Waals surface area contributed by atoms with Crippen molar-refractivity contribution in [3.8, 4) is 5.75 Å². The molecule has 21 heavy (non-hydrogen) atoms. The number of hydrogen-bond donors (Lipinski definition) is 1. The minimum Gasteiger partial charge on any atom is -0.495 e. The molecule has 0 amide bonds. The van der Waals surface area contributed by atoms with Gasteiger partial charge in [0.25, 0.3) is 0 Å². The first-order valence-electron chi connectivity index (χ1n) is 7.98. The molecule has 0 spiro atoms. The Morgan fingerprint density at radius 3 is 2.29 bits per heavy atom. The monoisotopic (exact) mass is 308 g/mol. The fraction of sp³-hybridized carbons (Fsp3) is 0.647. The van der Waals surface area contributed by atoms with E-state index in [9.17, 15) is 0 Å². The highest BCUT2D eigenvalue weighted by Crippen LogP contribution is 2.38. The lowest BCUT2D eigenvalue weighted by molar-refractivity contribution is 0.184. The lowest BCUT2D eigenvalue weighted by Gasteiger charge is -2.31. The number of nitrogens with two attached hydrogens (primary N) is 1. The fourth-order valence-corrected chi connectivity index (χ4v) is 3.25. The standard InChI is InChI=1S/C17H25ClN2O/c1-21-17-7-6-14(8-15(17)18)16(9-19)20(10-12-2-3-12)11-13-4-5-13/h6-8,12-13,16H,2-5,9-11,19H2,1H3. The van der Waals surface area contributed by atoms with Gasteiger partial charge in [0.15, 0.2) is 0 Å². The molecule has 3 nitrogen and oxygen atoms in total. The molecule has 0 saturated heterocycles. The Morgan fingerprint density at radius 1 is 1.24 bits per heavy atom. The zero-order valence-electron chi connectivity index (χ0n) is 12.7. The van der Waals surface area contributed by atoms with Crippen LogP contribution in [-0.2, 0) is 0 Å². The number of nitrogens with zero attached hydrogens (tertiary/aromatic N) is 1. The molecule has 0 radical (unpaired) electrons.